The molecule has 0 atom stereocenters. The fourth-order valence-electron chi connectivity index (χ4n) is 8.56. The molecule has 12 aromatic heterocycles. The van der Waals surface area contributed by atoms with Crippen molar-refractivity contribution >= 4 is 75.6 Å². The van der Waals surface area contributed by atoms with Gasteiger partial charge in [-0.1, -0.05) is 12.1 Å². The van der Waals surface area contributed by atoms with E-state index >= 15 is 0 Å². The predicted octanol–water partition coefficient (Wildman–Crippen LogP) is 11.4. The van der Waals surface area contributed by atoms with Gasteiger partial charge >= 0.3 is 14.2 Å². The van der Waals surface area contributed by atoms with Crippen LogP contribution in [0.3, 0.4) is 0 Å². The van der Waals surface area contributed by atoms with Crippen LogP contribution in [0.1, 0.15) is 30.5 Å². The van der Waals surface area contributed by atoms with Crippen molar-refractivity contribution in [2.75, 3.05) is 0 Å². The Hall–Kier alpha value is -10.2. The molecule has 30 heteroatoms. The highest BCUT2D eigenvalue weighted by Gasteiger charge is 2.22. The molecular formula is C63H53B2BrF4N10O11S2. The van der Waals surface area contributed by atoms with Crippen molar-refractivity contribution in [1.29, 1.82) is 0 Å². The first-order valence-corrected chi connectivity index (χ1v) is 30.0. The summed E-state index contributed by atoms with van der Waals surface area (Å²) in [6.07, 6.45) is 10.9. The Labute approximate surface area is 543 Å². The molecule has 0 radical (unpaired) electrons. The van der Waals surface area contributed by atoms with Crippen molar-refractivity contribution in [2.45, 2.75) is 12.8 Å². The largest absolute Gasteiger partial charge is 0.507 e. The lowest BCUT2D eigenvalue weighted by molar-refractivity contribution is 0.0986. The normalized spacial score (nSPS) is 10.6. The number of halogens is 5. The number of hydrogen-bond donors (Lipinski definition) is 5. The van der Waals surface area contributed by atoms with Gasteiger partial charge in [-0.2, -0.15) is 25.5 Å². The third kappa shape index (κ3) is 17.9. The van der Waals surface area contributed by atoms with Gasteiger partial charge < -0.3 is 42.2 Å². The van der Waals surface area contributed by atoms with Crippen molar-refractivity contribution < 1.29 is 69.3 Å². The van der Waals surface area contributed by atoms with E-state index in [0.29, 0.717) is 55.3 Å². The molecule has 0 aliphatic carbocycles. The van der Waals surface area contributed by atoms with Gasteiger partial charge in [0.25, 0.3) is 0 Å². The Balaban J connectivity index is 0.000000136. The summed E-state index contributed by atoms with van der Waals surface area (Å²) in [4.78, 5) is 26.0. The average molecular weight is 1370 g/mol. The molecule has 0 aliphatic heterocycles. The molecule has 2 aromatic carbocycles. The maximum absolute atomic E-state index is 13.8. The van der Waals surface area contributed by atoms with E-state index in [1.807, 2.05) is 61.8 Å². The number of aryl methyl sites for hydroxylation is 4. The number of aromatic nitrogens is 10. The number of hydrogen-bond acceptors (Lipinski definition) is 18. The highest BCUT2D eigenvalue weighted by Crippen LogP contribution is 2.33. The van der Waals surface area contributed by atoms with Crippen LogP contribution in [0.5, 0.6) is 0 Å². The smallest absolute Gasteiger partial charge is 0.463 e. The minimum Gasteiger partial charge on any atom is -0.463 e. The van der Waals surface area contributed by atoms with Gasteiger partial charge in [0.15, 0.2) is 40.4 Å². The second-order valence-electron chi connectivity index (χ2n) is 19.5. The van der Waals surface area contributed by atoms with Gasteiger partial charge in [0.1, 0.15) is 51.7 Å². The monoisotopic (exact) mass is 1370 g/mol. The van der Waals surface area contributed by atoms with Crippen LogP contribution in [0, 0.1) is 23.3 Å². The molecule has 0 saturated carbocycles. The maximum Gasteiger partial charge on any atom is 0.507 e. The van der Waals surface area contributed by atoms with Crippen LogP contribution < -0.4 is 11.2 Å². The molecule has 14 rings (SSSR count). The van der Waals surface area contributed by atoms with E-state index in [9.17, 15) is 27.2 Å². The number of thiophene rings is 2. The molecule has 0 spiro atoms. The number of ketones is 2. The summed E-state index contributed by atoms with van der Waals surface area (Å²) in [5.74, 6) is 0.0730. The number of H-pyrrole nitrogens is 1. The first kappa shape index (κ1) is 67.2. The van der Waals surface area contributed by atoms with Crippen molar-refractivity contribution in [3.63, 3.8) is 0 Å². The number of carbonyl (C=O) groups excluding carboxylic acids is 2. The quantitative estimate of drug-likeness (QED) is 0.0384. The second kappa shape index (κ2) is 31.7. The standard InChI is InChI=1S/C20H14F2N2O2S.C12H7BrF2OS.2C8H9BN2O3.C8H8N2O.C7H6N2O/c1-24-16(11-15(23-24)18-6-3-9-26-18)19-7-8-20(27-19)17(25)10-12-13(21)4-2-5-14(12)22;13-12-5-4-11(17-12)10(16)6-7-8(14)2-1-3-9(7)15;2*1-11-8(9(12)13)5-6(10-11)7-3-2-4-14-7;1-10-5-4-7(9-10)8-3-2-6-11-8;1-2-7(10-5-1)6-3-4-8-9-6/h2-9,11H,10H2,1H3;1-5H,6H2;2*2-5,12-13H,1H3;2-6H,1H3;1-5H,(H,8,9). The lowest BCUT2D eigenvalue weighted by atomic mass is 9.86. The third-order valence-corrected chi connectivity index (χ3v) is 15.9. The van der Waals surface area contributed by atoms with Crippen molar-refractivity contribution in [2.24, 2.45) is 28.2 Å². The lowest BCUT2D eigenvalue weighted by Gasteiger charge is -2.03. The molecule has 14 aromatic rings. The third-order valence-electron chi connectivity index (χ3n) is 13.1. The second-order valence-corrected chi connectivity index (χ2v) is 23.1. The number of furan rings is 5. The molecule has 0 fully saturated rings. The summed E-state index contributed by atoms with van der Waals surface area (Å²) in [6, 6.07) is 40.9. The van der Waals surface area contributed by atoms with E-state index in [1.54, 1.807) is 135 Å². The van der Waals surface area contributed by atoms with Crippen LogP contribution in [0.4, 0.5) is 17.6 Å². The first-order chi connectivity index (χ1) is 44.8. The summed E-state index contributed by atoms with van der Waals surface area (Å²) >= 11 is 5.75. The molecule has 12 heterocycles. The summed E-state index contributed by atoms with van der Waals surface area (Å²) in [5, 5.41) is 59.3. The topological polar surface area (TPSA) is 281 Å². The van der Waals surface area contributed by atoms with Crippen LogP contribution in [0.15, 0.2) is 221 Å². The summed E-state index contributed by atoms with van der Waals surface area (Å²) in [7, 11) is 3.93. The highest BCUT2D eigenvalue weighted by molar-refractivity contribution is 9.11. The van der Waals surface area contributed by atoms with Crippen LogP contribution in [0.2, 0.25) is 0 Å². The number of nitrogens with zero attached hydrogens (tertiary/aromatic N) is 9. The van der Waals surface area contributed by atoms with E-state index < -0.39 is 37.5 Å². The Morgan fingerprint density at radius 3 is 1.29 bits per heavy atom. The molecule has 0 aliphatic rings. The minimum atomic E-state index is -1.52. The number of nitrogens with one attached hydrogen (secondary N) is 1. The zero-order chi connectivity index (χ0) is 66.1. The molecule has 474 valence electrons. The van der Waals surface area contributed by atoms with Gasteiger partial charge in [0.05, 0.1) is 66.6 Å². The zero-order valence-electron chi connectivity index (χ0n) is 49.4. The molecule has 0 unspecified atom stereocenters. The Morgan fingerprint density at radius 2 is 0.914 bits per heavy atom. The zero-order valence-corrected chi connectivity index (χ0v) is 52.6. The number of carbonyl (C=O) groups is 2. The fraction of sp³-hybridized carbons (Fsp3) is 0.0952. The van der Waals surface area contributed by atoms with Crippen LogP contribution >= 0.6 is 38.6 Å². The van der Waals surface area contributed by atoms with E-state index in [-0.39, 0.29) is 35.5 Å². The van der Waals surface area contributed by atoms with Gasteiger partial charge in [0, 0.05) is 64.6 Å². The molecule has 0 saturated heterocycles. The Morgan fingerprint density at radius 1 is 0.495 bits per heavy atom. The van der Waals surface area contributed by atoms with E-state index in [2.05, 4.69) is 46.5 Å². The first-order valence-electron chi connectivity index (χ1n) is 27.6. The van der Waals surface area contributed by atoms with E-state index in [4.69, 9.17) is 42.2 Å². The number of rotatable bonds is 14. The summed E-state index contributed by atoms with van der Waals surface area (Å²) in [5.41, 5.74) is 4.73. The Bertz CT molecular complexity index is 4450. The van der Waals surface area contributed by atoms with Crippen LogP contribution in [-0.4, -0.2) is 95.2 Å². The predicted molar refractivity (Wildman–Crippen MR) is 344 cm³/mol. The summed E-state index contributed by atoms with van der Waals surface area (Å²) in [6.45, 7) is 0. The molecular weight excluding hydrogens is 1310 g/mol. The Kier molecular flexibility index (Phi) is 22.9. The highest BCUT2D eigenvalue weighted by atomic mass is 79.9. The van der Waals surface area contributed by atoms with Crippen LogP contribution in [-0.2, 0) is 41.0 Å². The average Bonchev–Trinajstić information content (AvgIpc) is 1.75. The number of Topliss-reactive ketones (excluding diaryl/α,β-unsaturated/α-hetero) is 2. The number of benzene rings is 2. The minimum absolute atomic E-state index is 0.179. The van der Waals surface area contributed by atoms with Crippen molar-refractivity contribution in [3.8, 4) is 67.8 Å². The SMILES string of the molecule is Cn1ccc(-c2ccco2)n1.Cn1nc(-c2ccco2)cc1-c1ccc(C(=O)Cc2c(F)cccc2F)s1.Cn1nc(-c2ccco2)cc1B(O)O.Cn1nc(-c2ccco2)cc1B(O)O.O=C(Cc1c(F)cccc1F)c1ccc(Br)s1.c1coc(-c2ccn[nH]2)c1. The van der Waals surface area contributed by atoms with Gasteiger partial charge in [-0.05, 0) is 155 Å². The molecule has 5 N–H and O–H groups in total. The van der Waals surface area contributed by atoms with Gasteiger partial charge in [-0.15, -0.1) is 22.7 Å². The van der Waals surface area contributed by atoms with E-state index in [0.717, 1.165) is 61.5 Å². The molecule has 21 nitrogen and oxygen atoms in total. The maximum atomic E-state index is 13.8. The lowest BCUT2D eigenvalue weighted by Crippen LogP contribution is -2.35. The van der Waals surface area contributed by atoms with Gasteiger partial charge in [-0.25, -0.2) is 17.6 Å². The van der Waals surface area contributed by atoms with Gasteiger partial charge in [0.2, 0.25) is 0 Å². The van der Waals surface area contributed by atoms with Crippen LogP contribution in [0.25, 0.3) is 67.8 Å². The van der Waals surface area contributed by atoms with E-state index in [1.165, 1.54) is 44.2 Å². The van der Waals surface area contributed by atoms with Crippen molar-refractivity contribution in [1.82, 2.24) is 49.3 Å². The molecule has 0 amide bonds. The van der Waals surface area contributed by atoms with Crippen molar-refractivity contribution in [3.05, 3.63) is 243 Å². The fourth-order valence-corrected chi connectivity index (χ4v) is 10.9. The molecule has 93 heavy (non-hydrogen) atoms. The summed E-state index contributed by atoms with van der Waals surface area (Å²) < 4.78 is 87.2. The number of aromatic amines is 1. The van der Waals surface area contributed by atoms with Gasteiger partial charge in [-0.3, -0.25) is 33.4 Å². The molecule has 0 bridgehead atoms.